The van der Waals surface area contributed by atoms with E-state index in [1.807, 2.05) is 6.20 Å². The van der Waals surface area contributed by atoms with Crippen LogP contribution in [0.2, 0.25) is 0 Å². The molecular formula is C17H31N5. The zero-order valence-corrected chi connectivity index (χ0v) is 14.9. The predicted molar refractivity (Wildman–Crippen MR) is 95.5 cm³/mol. The highest BCUT2D eigenvalue weighted by Crippen LogP contribution is 2.11. The van der Waals surface area contributed by atoms with E-state index in [0.29, 0.717) is 6.54 Å². The predicted octanol–water partition coefficient (Wildman–Crippen LogP) is 2.78. The van der Waals surface area contributed by atoms with Gasteiger partial charge >= 0.3 is 0 Å². The maximum absolute atomic E-state index is 4.62. The van der Waals surface area contributed by atoms with Crippen molar-refractivity contribution in [3.05, 3.63) is 23.9 Å². The number of guanidine groups is 1. The van der Waals surface area contributed by atoms with Gasteiger partial charge in [0.05, 0.1) is 6.54 Å². The summed E-state index contributed by atoms with van der Waals surface area (Å²) in [6, 6.07) is 4.17. The smallest absolute Gasteiger partial charge is 0.191 e. The Bertz CT molecular complexity index is 455. The second-order valence-electron chi connectivity index (χ2n) is 6.27. The molecule has 0 amide bonds. The summed E-state index contributed by atoms with van der Waals surface area (Å²) in [7, 11) is 0. The Balaban J connectivity index is 2.74. The summed E-state index contributed by atoms with van der Waals surface area (Å²) in [5, 5.41) is 6.65. The van der Waals surface area contributed by atoms with Crippen LogP contribution in [0.1, 0.15) is 47.1 Å². The lowest BCUT2D eigenvalue weighted by molar-refractivity contribution is 0.501. The van der Waals surface area contributed by atoms with Gasteiger partial charge in [0, 0.05) is 31.4 Å². The Morgan fingerprint density at radius 2 is 1.86 bits per heavy atom. The molecule has 0 fully saturated rings. The van der Waals surface area contributed by atoms with Gasteiger partial charge in [-0.15, -0.1) is 0 Å². The molecule has 22 heavy (non-hydrogen) atoms. The molecule has 0 aliphatic carbocycles. The summed E-state index contributed by atoms with van der Waals surface area (Å²) < 4.78 is 0. The van der Waals surface area contributed by atoms with Gasteiger partial charge in [0.25, 0.3) is 0 Å². The number of nitrogens with one attached hydrogen (secondary N) is 2. The number of anilines is 1. The summed E-state index contributed by atoms with van der Waals surface area (Å²) >= 11 is 0. The van der Waals surface area contributed by atoms with Crippen molar-refractivity contribution < 1.29 is 0 Å². The van der Waals surface area contributed by atoms with Crippen LogP contribution in [-0.2, 0) is 6.54 Å². The molecule has 1 aromatic rings. The van der Waals surface area contributed by atoms with Crippen LogP contribution in [0.5, 0.6) is 0 Å². The molecule has 0 saturated carbocycles. The Morgan fingerprint density at radius 3 is 2.32 bits per heavy atom. The van der Waals surface area contributed by atoms with Crippen LogP contribution in [0.25, 0.3) is 0 Å². The lowest BCUT2D eigenvalue weighted by atomic mass is 10.1. The van der Waals surface area contributed by atoms with Crippen molar-refractivity contribution in [2.24, 2.45) is 4.99 Å². The zero-order chi connectivity index (χ0) is 16.6. The molecule has 0 aliphatic rings. The van der Waals surface area contributed by atoms with E-state index in [1.54, 1.807) is 0 Å². The van der Waals surface area contributed by atoms with E-state index in [4.69, 9.17) is 0 Å². The monoisotopic (exact) mass is 305 g/mol. The largest absolute Gasteiger partial charge is 0.357 e. The van der Waals surface area contributed by atoms with Crippen LogP contribution in [0.4, 0.5) is 5.82 Å². The van der Waals surface area contributed by atoms with Gasteiger partial charge in [0.15, 0.2) is 5.96 Å². The minimum atomic E-state index is -0.00807. The Hall–Kier alpha value is -1.78. The van der Waals surface area contributed by atoms with Gasteiger partial charge in [0.2, 0.25) is 0 Å². The number of aliphatic imine (C=N–C) groups is 1. The van der Waals surface area contributed by atoms with Crippen LogP contribution in [-0.4, -0.2) is 36.1 Å². The summed E-state index contributed by atoms with van der Waals surface area (Å²) in [6.45, 7) is 16.1. The average Bonchev–Trinajstić information content (AvgIpc) is 2.46. The summed E-state index contributed by atoms with van der Waals surface area (Å²) in [6.07, 6.45) is 1.91. The van der Waals surface area contributed by atoms with Crippen LogP contribution >= 0.6 is 0 Å². The number of hydrogen-bond acceptors (Lipinski definition) is 3. The third-order valence-corrected chi connectivity index (χ3v) is 3.15. The molecule has 1 aromatic heterocycles. The minimum Gasteiger partial charge on any atom is -0.357 e. The number of pyridine rings is 1. The summed E-state index contributed by atoms with van der Waals surface area (Å²) in [5.41, 5.74) is 1.10. The van der Waals surface area contributed by atoms with Gasteiger partial charge in [-0.1, -0.05) is 6.07 Å². The highest BCUT2D eigenvalue weighted by molar-refractivity contribution is 5.80. The van der Waals surface area contributed by atoms with Crippen molar-refractivity contribution in [3.8, 4) is 0 Å². The van der Waals surface area contributed by atoms with E-state index in [9.17, 15) is 0 Å². The molecule has 0 atom stereocenters. The Labute approximate surface area is 135 Å². The van der Waals surface area contributed by atoms with Crippen molar-refractivity contribution in [3.63, 3.8) is 0 Å². The molecule has 2 N–H and O–H groups in total. The van der Waals surface area contributed by atoms with Gasteiger partial charge in [-0.2, -0.15) is 0 Å². The van der Waals surface area contributed by atoms with Crippen LogP contribution in [0.3, 0.4) is 0 Å². The molecule has 5 heteroatoms. The molecule has 1 rings (SSSR count). The first-order valence-corrected chi connectivity index (χ1v) is 8.16. The molecular weight excluding hydrogens is 274 g/mol. The molecule has 1 heterocycles. The first-order valence-electron chi connectivity index (χ1n) is 8.16. The van der Waals surface area contributed by atoms with E-state index in [1.165, 1.54) is 0 Å². The van der Waals surface area contributed by atoms with E-state index in [2.05, 4.69) is 79.2 Å². The first-order chi connectivity index (χ1) is 10.4. The van der Waals surface area contributed by atoms with Gasteiger partial charge < -0.3 is 15.5 Å². The molecule has 0 radical (unpaired) electrons. The van der Waals surface area contributed by atoms with Gasteiger partial charge in [-0.05, 0) is 53.2 Å². The fourth-order valence-electron chi connectivity index (χ4n) is 2.08. The van der Waals surface area contributed by atoms with Gasteiger partial charge in [-0.3, -0.25) is 0 Å². The zero-order valence-electron chi connectivity index (χ0n) is 14.9. The average molecular weight is 305 g/mol. The molecule has 0 aromatic carbocycles. The maximum atomic E-state index is 4.62. The van der Waals surface area contributed by atoms with E-state index in [0.717, 1.165) is 37.0 Å². The topological polar surface area (TPSA) is 52.6 Å². The number of nitrogens with zero attached hydrogens (tertiary/aromatic N) is 3. The van der Waals surface area contributed by atoms with Crippen LogP contribution in [0.15, 0.2) is 23.3 Å². The van der Waals surface area contributed by atoms with E-state index in [-0.39, 0.29) is 5.54 Å². The van der Waals surface area contributed by atoms with Crippen molar-refractivity contribution in [1.29, 1.82) is 0 Å². The molecule has 0 spiro atoms. The van der Waals surface area contributed by atoms with Crippen molar-refractivity contribution in [2.75, 3.05) is 24.5 Å². The lowest BCUT2D eigenvalue weighted by Crippen LogP contribution is -2.47. The second-order valence-corrected chi connectivity index (χ2v) is 6.27. The second kappa shape index (κ2) is 8.61. The third kappa shape index (κ3) is 6.33. The number of rotatable bonds is 6. The maximum Gasteiger partial charge on any atom is 0.191 e. The van der Waals surface area contributed by atoms with E-state index < -0.39 is 0 Å². The van der Waals surface area contributed by atoms with Crippen molar-refractivity contribution in [1.82, 2.24) is 15.6 Å². The molecule has 0 unspecified atom stereocenters. The van der Waals surface area contributed by atoms with Crippen LogP contribution < -0.4 is 15.5 Å². The summed E-state index contributed by atoms with van der Waals surface area (Å²) in [4.78, 5) is 11.4. The highest BCUT2D eigenvalue weighted by atomic mass is 15.2. The summed E-state index contributed by atoms with van der Waals surface area (Å²) in [5.74, 6) is 1.86. The first kappa shape index (κ1) is 18.3. The van der Waals surface area contributed by atoms with Crippen LogP contribution in [0, 0.1) is 0 Å². The van der Waals surface area contributed by atoms with E-state index >= 15 is 0 Å². The highest BCUT2D eigenvalue weighted by Gasteiger charge is 2.11. The van der Waals surface area contributed by atoms with Gasteiger partial charge in [0.1, 0.15) is 5.82 Å². The molecule has 5 nitrogen and oxygen atoms in total. The third-order valence-electron chi connectivity index (χ3n) is 3.15. The van der Waals surface area contributed by atoms with Gasteiger partial charge in [-0.25, -0.2) is 9.98 Å². The molecule has 0 bridgehead atoms. The minimum absolute atomic E-state index is 0.00807. The fraction of sp³-hybridized carbons (Fsp3) is 0.647. The van der Waals surface area contributed by atoms with Crippen molar-refractivity contribution >= 4 is 11.8 Å². The lowest BCUT2D eigenvalue weighted by Gasteiger charge is -2.23. The quantitative estimate of drug-likeness (QED) is 0.627. The van der Waals surface area contributed by atoms with Crippen molar-refractivity contribution in [2.45, 2.75) is 53.6 Å². The molecule has 0 aliphatic heterocycles. The molecule has 124 valence electrons. The Kier molecular flexibility index (Phi) is 7.15. The number of hydrogen-bond donors (Lipinski definition) is 2. The standard InChI is InChI=1S/C17H31N5/c1-7-18-16(21-17(4,5)6)20-13-14-10-11-15(19-12-14)22(8-2)9-3/h10-12H,7-9,13H2,1-6H3,(H2,18,20,21). The Morgan fingerprint density at radius 1 is 1.18 bits per heavy atom. The fourth-order valence-corrected chi connectivity index (χ4v) is 2.08. The molecule has 0 saturated heterocycles. The normalized spacial score (nSPS) is 12.2. The number of aromatic nitrogens is 1. The SMILES string of the molecule is CCNC(=NCc1ccc(N(CC)CC)nc1)NC(C)(C)C.